The van der Waals surface area contributed by atoms with E-state index in [9.17, 15) is 0 Å². The van der Waals surface area contributed by atoms with Crippen LogP contribution in [0.2, 0.25) is 0 Å². The van der Waals surface area contributed by atoms with E-state index in [0.717, 1.165) is 60.5 Å². The van der Waals surface area contributed by atoms with Crippen LogP contribution in [0.15, 0.2) is 23.2 Å². The van der Waals surface area contributed by atoms with Crippen molar-refractivity contribution >= 4 is 29.9 Å². The monoisotopic (exact) mass is 514 g/mol. The summed E-state index contributed by atoms with van der Waals surface area (Å²) in [5.74, 6) is 4.11. The molecule has 3 rings (SSSR count). The Morgan fingerprint density at radius 1 is 1.21 bits per heavy atom. The van der Waals surface area contributed by atoms with Gasteiger partial charge in [-0.15, -0.1) is 34.2 Å². The Bertz CT molecular complexity index is 808. The molecule has 29 heavy (non-hydrogen) atoms. The molecule has 0 bridgehead atoms. The zero-order valence-electron chi connectivity index (χ0n) is 17.4. The summed E-state index contributed by atoms with van der Waals surface area (Å²) >= 11 is 0. The van der Waals surface area contributed by atoms with Gasteiger partial charge in [-0.2, -0.15) is 0 Å². The second-order valence-electron chi connectivity index (χ2n) is 6.82. The number of para-hydroxylation sites is 1. The van der Waals surface area contributed by atoms with Crippen molar-refractivity contribution in [1.29, 1.82) is 0 Å². The van der Waals surface area contributed by atoms with Crippen LogP contribution in [0.3, 0.4) is 0 Å². The highest BCUT2D eigenvalue weighted by molar-refractivity contribution is 14.0. The number of benzene rings is 1. The average Bonchev–Trinajstić information content (AvgIpc) is 2.89. The number of aryl methyl sites for hydroxylation is 1. The lowest BCUT2D eigenvalue weighted by Gasteiger charge is -2.14. The number of unbranched alkanes of at least 4 members (excludes halogenated alkanes) is 1. The molecule has 0 unspecified atom stereocenters. The predicted molar refractivity (Wildman–Crippen MR) is 124 cm³/mol. The van der Waals surface area contributed by atoms with Crippen molar-refractivity contribution in [2.24, 2.45) is 12.0 Å². The maximum absolute atomic E-state index is 5.90. The third-order valence-corrected chi connectivity index (χ3v) is 4.68. The lowest BCUT2D eigenvalue weighted by atomic mass is 10.2. The van der Waals surface area contributed by atoms with Crippen LogP contribution >= 0.6 is 24.0 Å². The summed E-state index contributed by atoms with van der Waals surface area (Å²) in [6.07, 6.45) is 3.10. The normalized spacial score (nSPS) is 13.4. The zero-order valence-corrected chi connectivity index (χ0v) is 19.7. The molecule has 0 aliphatic carbocycles. The van der Waals surface area contributed by atoms with Crippen LogP contribution in [0.5, 0.6) is 11.5 Å². The molecule has 2 N–H and O–H groups in total. The first-order valence-electron chi connectivity index (χ1n) is 9.93. The SMILES string of the molecule is CCCCNC(=NCc1cccc2c1OCCCO2)NCc1nnc(C)n1C.I. The zero-order chi connectivity index (χ0) is 19.8. The maximum atomic E-state index is 5.90. The topological polar surface area (TPSA) is 85.6 Å². The number of nitrogens with zero attached hydrogens (tertiary/aromatic N) is 4. The number of hydrogen-bond donors (Lipinski definition) is 2. The van der Waals surface area contributed by atoms with Crippen molar-refractivity contribution in [1.82, 2.24) is 25.4 Å². The Kier molecular flexibility index (Phi) is 9.49. The van der Waals surface area contributed by atoms with Crippen LogP contribution in [0.25, 0.3) is 0 Å². The summed E-state index contributed by atoms with van der Waals surface area (Å²) in [6, 6.07) is 5.97. The Morgan fingerprint density at radius 2 is 2.03 bits per heavy atom. The fraction of sp³-hybridized carbons (Fsp3) is 0.550. The highest BCUT2D eigenvalue weighted by Gasteiger charge is 2.14. The minimum Gasteiger partial charge on any atom is -0.490 e. The fourth-order valence-corrected chi connectivity index (χ4v) is 2.87. The Hall–Kier alpha value is -2.04. The first kappa shape index (κ1) is 23.2. The number of aliphatic imine (C=N–C) groups is 1. The first-order valence-corrected chi connectivity index (χ1v) is 9.93. The highest BCUT2D eigenvalue weighted by atomic mass is 127. The molecule has 2 heterocycles. The number of nitrogens with one attached hydrogen (secondary N) is 2. The summed E-state index contributed by atoms with van der Waals surface area (Å²) in [4.78, 5) is 4.76. The van der Waals surface area contributed by atoms with Gasteiger partial charge >= 0.3 is 0 Å². The van der Waals surface area contributed by atoms with Crippen molar-refractivity contribution in [2.75, 3.05) is 19.8 Å². The van der Waals surface area contributed by atoms with Crippen LogP contribution in [-0.4, -0.2) is 40.5 Å². The van der Waals surface area contributed by atoms with E-state index < -0.39 is 0 Å². The van der Waals surface area contributed by atoms with Crippen LogP contribution in [-0.2, 0) is 20.1 Å². The smallest absolute Gasteiger partial charge is 0.191 e. The van der Waals surface area contributed by atoms with Gasteiger partial charge in [0.2, 0.25) is 0 Å². The summed E-state index contributed by atoms with van der Waals surface area (Å²) in [6.45, 7) is 7.39. The van der Waals surface area contributed by atoms with Crippen molar-refractivity contribution in [3.05, 3.63) is 35.4 Å². The third-order valence-electron chi connectivity index (χ3n) is 4.68. The minimum absolute atomic E-state index is 0. The standard InChI is InChI=1S/C20H30N6O2.HI/c1-4-5-10-21-20(23-14-18-25-24-15(2)26(18)3)22-13-16-8-6-9-17-19(16)28-12-7-11-27-17;/h6,8-9H,4-5,7,10-14H2,1-3H3,(H2,21,22,23);1H. The minimum atomic E-state index is 0. The van der Waals surface area contributed by atoms with Gasteiger partial charge in [0.05, 0.1) is 26.3 Å². The molecule has 8 nitrogen and oxygen atoms in total. The Morgan fingerprint density at radius 3 is 2.79 bits per heavy atom. The number of fused-ring (bicyclic) bond motifs is 1. The van der Waals surface area contributed by atoms with Gasteiger partial charge in [0.15, 0.2) is 23.3 Å². The van der Waals surface area contributed by atoms with Crippen LogP contribution in [0.1, 0.15) is 43.4 Å². The lowest BCUT2D eigenvalue weighted by Crippen LogP contribution is -2.38. The van der Waals surface area contributed by atoms with Gasteiger partial charge in [0, 0.05) is 25.6 Å². The van der Waals surface area contributed by atoms with Crippen LogP contribution in [0.4, 0.5) is 0 Å². The van der Waals surface area contributed by atoms with Gasteiger partial charge < -0.3 is 24.7 Å². The molecule has 1 aromatic carbocycles. The fourth-order valence-electron chi connectivity index (χ4n) is 2.87. The van der Waals surface area contributed by atoms with Crippen molar-refractivity contribution in [3.8, 4) is 11.5 Å². The number of aromatic nitrogens is 3. The molecule has 0 amide bonds. The maximum Gasteiger partial charge on any atom is 0.191 e. The average molecular weight is 514 g/mol. The predicted octanol–water partition coefficient (Wildman–Crippen LogP) is 2.94. The molecular weight excluding hydrogens is 483 g/mol. The molecular formula is C20H31IN6O2. The summed E-state index contributed by atoms with van der Waals surface area (Å²) in [5, 5.41) is 15.0. The molecule has 1 aliphatic heterocycles. The van der Waals surface area contributed by atoms with Crippen LogP contribution in [0, 0.1) is 6.92 Å². The van der Waals surface area contributed by atoms with E-state index in [4.69, 9.17) is 14.5 Å². The Labute approximate surface area is 189 Å². The van der Waals surface area contributed by atoms with Gasteiger partial charge in [-0.05, 0) is 19.4 Å². The highest BCUT2D eigenvalue weighted by Crippen LogP contribution is 2.33. The quantitative estimate of drug-likeness (QED) is 0.256. The van der Waals surface area contributed by atoms with Crippen LogP contribution < -0.4 is 20.1 Å². The number of guanidine groups is 1. The molecule has 1 aromatic heterocycles. The molecule has 0 saturated carbocycles. The van der Waals surface area contributed by atoms with Crippen molar-refractivity contribution in [2.45, 2.75) is 46.2 Å². The summed E-state index contributed by atoms with van der Waals surface area (Å²) < 4.78 is 13.6. The van der Waals surface area contributed by atoms with Crippen molar-refractivity contribution in [3.63, 3.8) is 0 Å². The number of ether oxygens (including phenoxy) is 2. The number of rotatable bonds is 7. The van der Waals surface area contributed by atoms with E-state index in [2.05, 4.69) is 27.8 Å². The van der Waals surface area contributed by atoms with Gasteiger partial charge in [0.25, 0.3) is 0 Å². The summed E-state index contributed by atoms with van der Waals surface area (Å²) in [7, 11) is 1.96. The second-order valence-corrected chi connectivity index (χ2v) is 6.82. The first-order chi connectivity index (χ1) is 13.7. The van der Waals surface area contributed by atoms with Gasteiger partial charge in [-0.1, -0.05) is 25.5 Å². The molecule has 1 aliphatic rings. The molecule has 160 valence electrons. The van der Waals surface area contributed by atoms with Gasteiger partial charge in [-0.3, -0.25) is 0 Å². The van der Waals surface area contributed by atoms with E-state index in [1.807, 2.05) is 36.7 Å². The van der Waals surface area contributed by atoms with E-state index >= 15 is 0 Å². The molecule has 0 spiro atoms. The molecule has 0 radical (unpaired) electrons. The van der Waals surface area contributed by atoms with Crippen molar-refractivity contribution < 1.29 is 9.47 Å². The van der Waals surface area contributed by atoms with E-state index in [1.54, 1.807) is 0 Å². The van der Waals surface area contributed by atoms with E-state index in [1.165, 1.54) is 0 Å². The van der Waals surface area contributed by atoms with E-state index in [-0.39, 0.29) is 24.0 Å². The van der Waals surface area contributed by atoms with Gasteiger partial charge in [-0.25, -0.2) is 4.99 Å². The third kappa shape index (κ3) is 6.48. The molecule has 0 atom stereocenters. The Balaban J connectivity index is 0.00000300. The largest absolute Gasteiger partial charge is 0.490 e. The summed E-state index contributed by atoms with van der Waals surface area (Å²) in [5.41, 5.74) is 1.02. The number of hydrogen-bond acceptors (Lipinski definition) is 5. The lowest BCUT2D eigenvalue weighted by molar-refractivity contribution is 0.296. The number of halogens is 1. The van der Waals surface area contributed by atoms with E-state index in [0.29, 0.717) is 26.3 Å². The molecule has 0 fully saturated rings. The van der Waals surface area contributed by atoms with Gasteiger partial charge in [0.1, 0.15) is 5.82 Å². The molecule has 0 saturated heterocycles. The molecule has 9 heteroatoms. The second kappa shape index (κ2) is 11.8. The molecule has 2 aromatic rings.